The van der Waals surface area contributed by atoms with Crippen LogP contribution in [0.1, 0.15) is 67.5 Å². The van der Waals surface area contributed by atoms with Crippen LogP contribution in [-0.4, -0.2) is 61.1 Å². The number of nitrogens with zero attached hydrogens (tertiary/aromatic N) is 3. The number of hydrogen-bond donors (Lipinski definition) is 2. The predicted octanol–water partition coefficient (Wildman–Crippen LogP) is 2.98. The van der Waals surface area contributed by atoms with E-state index in [2.05, 4.69) is 39.4 Å². The Kier molecular flexibility index (Phi) is 11.0. The van der Waals surface area contributed by atoms with Crippen molar-refractivity contribution in [1.82, 2.24) is 20.5 Å². The van der Waals surface area contributed by atoms with Gasteiger partial charge in [0.05, 0.1) is 18.3 Å². The number of aryl methyl sites for hydroxylation is 1. The third-order valence-corrected chi connectivity index (χ3v) is 5.46. The van der Waals surface area contributed by atoms with Crippen molar-refractivity contribution in [3.8, 4) is 0 Å². The molecule has 0 saturated heterocycles. The van der Waals surface area contributed by atoms with Crippen LogP contribution in [0.2, 0.25) is 0 Å². The first-order valence-electron chi connectivity index (χ1n) is 9.88. The van der Waals surface area contributed by atoms with E-state index in [4.69, 9.17) is 4.74 Å². The van der Waals surface area contributed by atoms with Gasteiger partial charge in [-0.1, -0.05) is 13.8 Å². The van der Waals surface area contributed by atoms with E-state index in [1.165, 1.54) is 11.3 Å². The van der Waals surface area contributed by atoms with Crippen molar-refractivity contribution in [3.63, 3.8) is 0 Å². The Morgan fingerprint density at radius 1 is 1.30 bits per heavy atom. The lowest BCUT2D eigenvalue weighted by molar-refractivity contribution is 0.0531. The molecule has 27 heavy (non-hydrogen) atoms. The minimum Gasteiger partial charge on any atom is -0.462 e. The molecule has 0 aliphatic carbocycles. The summed E-state index contributed by atoms with van der Waals surface area (Å²) in [4.78, 5) is 24.2. The SMILES string of the molecule is CCNC(=NCCCN(CC)CC)NC(C)c1nc(C)c(C(=O)OCC)s1. The first-order chi connectivity index (χ1) is 13.0. The fourth-order valence-electron chi connectivity index (χ4n) is 2.60. The van der Waals surface area contributed by atoms with Crippen LogP contribution in [0, 0.1) is 6.92 Å². The molecule has 7 nitrogen and oxygen atoms in total. The van der Waals surface area contributed by atoms with Gasteiger partial charge >= 0.3 is 5.97 Å². The van der Waals surface area contributed by atoms with Crippen LogP contribution in [0.5, 0.6) is 0 Å². The topological polar surface area (TPSA) is 78.9 Å². The van der Waals surface area contributed by atoms with Crippen LogP contribution in [0.4, 0.5) is 0 Å². The van der Waals surface area contributed by atoms with Crippen LogP contribution in [0.25, 0.3) is 0 Å². The monoisotopic (exact) mass is 397 g/mol. The van der Waals surface area contributed by atoms with Gasteiger partial charge in [0, 0.05) is 13.1 Å². The molecule has 0 amide bonds. The molecule has 0 spiro atoms. The molecule has 8 heteroatoms. The number of ether oxygens (including phenoxy) is 1. The van der Waals surface area contributed by atoms with Crippen molar-refractivity contribution in [1.29, 1.82) is 0 Å². The van der Waals surface area contributed by atoms with Gasteiger partial charge in [-0.3, -0.25) is 4.99 Å². The highest BCUT2D eigenvalue weighted by molar-refractivity contribution is 7.13. The molecule has 0 saturated carbocycles. The molecule has 0 aliphatic heterocycles. The summed E-state index contributed by atoms with van der Waals surface area (Å²) in [6, 6.07) is -0.0440. The van der Waals surface area contributed by atoms with Gasteiger partial charge in [-0.05, 0) is 53.8 Å². The third kappa shape index (κ3) is 7.84. The van der Waals surface area contributed by atoms with Crippen molar-refractivity contribution in [2.75, 3.05) is 39.3 Å². The van der Waals surface area contributed by atoms with Crippen molar-refractivity contribution in [3.05, 3.63) is 15.6 Å². The number of carbonyl (C=O) groups excluding carboxylic acids is 1. The fraction of sp³-hybridized carbons (Fsp3) is 0.737. The summed E-state index contributed by atoms with van der Waals surface area (Å²) < 4.78 is 5.10. The highest BCUT2D eigenvalue weighted by Crippen LogP contribution is 2.24. The van der Waals surface area contributed by atoms with Crippen molar-refractivity contribution < 1.29 is 9.53 Å². The molecule has 1 heterocycles. The van der Waals surface area contributed by atoms with Crippen LogP contribution >= 0.6 is 11.3 Å². The summed E-state index contributed by atoms with van der Waals surface area (Å²) in [5.74, 6) is 0.470. The van der Waals surface area contributed by atoms with E-state index in [1.807, 2.05) is 20.8 Å². The van der Waals surface area contributed by atoms with Crippen LogP contribution in [-0.2, 0) is 4.74 Å². The molecule has 0 bridgehead atoms. The smallest absolute Gasteiger partial charge is 0.350 e. The average Bonchev–Trinajstić information content (AvgIpc) is 3.04. The standard InChI is InChI=1S/C19H35N5O2S/c1-7-20-19(21-12-11-13-24(8-2)9-3)23-15(6)17-22-14(5)16(27-17)18(25)26-10-4/h15H,7-13H2,1-6H3,(H2,20,21,23). The van der Waals surface area contributed by atoms with E-state index < -0.39 is 0 Å². The normalized spacial score (nSPS) is 12.9. The van der Waals surface area contributed by atoms with Gasteiger partial charge in [0.1, 0.15) is 9.88 Å². The second-order valence-corrected chi connectivity index (χ2v) is 7.22. The van der Waals surface area contributed by atoms with E-state index in [-0.39, 0.29) is 12.0 Å². The summed E-state index contributed by atoms with van der Waals surface area (Å²) in [5.41, 5.74) is 0.711. The number of guanidine groups is 1. The zero-order valence-corrected chi connectivity index (χ0v) is 18.4. The quantitative estimate of drug-likeness (QED) is 0.259. The maximum absolute atomic E-state index is 12.0. The van der Waals surface area contributed by atoms with Gasteiger partial charge in [-0.25, -0.2) is 9.78 Å². The van der Waals surface area contributed by atoms with Crippen molar-refractivity contribution in [2.24, 2.45) is 4.99 Å². The Bertz CT molecular complexity index is 599. The lowest BCUT2D eigenvalue weighted by Crippen LogP contribution is -2.39. The second kappa shape index (κ2) is 12.7. The molecule has 0 aliphatic rings. The molecule has 154 valence electrons. The molecule has 2 N–H and O–H groups in total. The average molecular weight is 398 g/mol. The number of aromatic nitrogens is 1. The zero-order chi connectivity index (χ0) is 20.2. The molecule has 1 rings (SSSR count). The van der Waals surface area contributed by atoms with E-state index >= 15 is 0 Å². The molecule has 1 atom stereocenters. The largest absolute Gasteiger partial charge is 0.462 e. The highest BCUT2D eigenvalue weighted by atomic mass is 32.1. The minimum atomic E-state index is -0.303. The van der Waals surface area contributed by atoms with Crippen molar-refractivity contribution >= 4 is 23.3 Å². The maximum atomic E-state index is 12.0. The Balaban J connectivity index is 2.69. The zero-order valence-electron chi connectivity index (χ0n) is 17.6. The third-order valence-electron chi connectivity index (χ3n) is 4.14. The van der Waals surface area contributed by atoms with E-state index in [0.29, 0.717) is 17.2 Å². The summed E-state index contributed by atoms with van der Waals surface area (Å²) >= 11 is 1.38. The lowest BCUT2D eigenvalue weighted by Gasteiger charge is -2.18. The number of thiazole rings is 1. The van der Waals surface area contributed by atoms with Crippen LogP contribution in [0.3, 0.4) is 0 Å². The Morgan fingerprint density at radius 3 is 2.59 bits per heavy atom. The Hall–Kier alpha value is -1.67. The fourth-order valence-corrected chi connectivity index (χ4v) is 3.56. The Labute approximate surface area is 167 Å². The first-order valence-corrected chi connectivity index (χ1v) is 10.7. The predicted molar refractivity (Wildman–Crippen MR) is 113 cm³/mol. The van der Waals surface area contributed by atoms with Gasteiger partial charge in [-0.2, -0.15) is 0 Å². The lowest BCUT2D eigenvalue weighted by atomic mass is 10.3. The van der Waals surface area contributed by atoms with Crippen molar-refractivity contribution in [2.45, 2.75) is 54.0 Å². The molecule has 1 aromatic heterocycles. The van der Waals surface area contributed by atoms with E-state index in [0.717, 1.165) is 50.1 Å². The maximum Gasteiger partial charge on any atom is 0.350 e. The van der Waals surface area contributed by atoms with Gasteiger partial charge in [0.15, 0.2) is 5.96 Å². The molecular formula is C19H35N5O2S. The highest BCUT2D eigenvalue weighted by Gasteiger charge is 2.20. The number of rotatable bonds is 11. The molecule has 1 aromatic rings. The van der Waals surface area contributed by atoms with Crippen LogP contribution in [0.15, 0.2) is 4.99 Å². The first kappa shape index (κ1) is 23.4. The van der Waals surface area contributed by atoms with Gasteiger partial charge < -0.3 is 20.3 Å². The number of esters is 1. The summed E-state index contributed by atoms with van der Waals surface area (Å²) in [7, 11) is 0. The number of hydrogen-bond acceptors (Lipinski definition) is 6. The minimum absolute atomic E-state index is 0.0440. The van der Waals surface area contributed by atoms with Crippen LogP contribution < -0.4 is 10.6 Å². The molecule has 0 radical (unpaired) electrons. The number of aliphatic imine (C=N–C) groups is 1. The number of carbonyl (C=O) groups is 1. The van der Waals surface area contributed by atoms with Gasteiger partial charge in [0.2, 0.25) is 0 Å². The van der Waals surface area contributed by atoms with E-state index in [9.17, 15) is 4.79 Å². The summed E-state index contributed by atoms with van der Waals surface area (Å²) in [5, 5.41) is 7.51. The van der Waals surface area contributed by atoms with Gasteiger partial charge in [0.25, 0.3) is 0 Å². The second-order valence-electron chi connectivity index (χ2n) is 6.19. The molecular weight excluding hydrogens is 362 g/mol. The molecule has 0 aromatic carbocycles. The molecule has 1 unspecified atom stereocenters. The Morgan fingerprint density at radius 2 is 2.00 bits per heavy atom. The molecule has 0 fully saturated rings. The summed E-state index contributed by atoms with van der Waals surface area (Å²) in [6.07, 6.45) is 1.02. The van der Waals surface area contributed by atoms with E-state index in [1.54, 1.807) is 6.92 Å². The van der Waals surface area contributed by atoms with Gasteiger partial charge in [-0.15, -0.1) is 11.3 Å². The summed E-state index contributed by atoms with van der Waals surface area (Å²) in [6.45, 7) is 17.2. The number of nitrogens with one attached hydrogen (secondary N) is 2.